The first-order chi connectivity index (χ1) is 10.2. The Morgan fingerprint density at radius 2 is 2.10 bits per heavy atom. The average molecular weight is 304 g/mol. The summed E-state index contributed by atoms with van der Waals surface area (Å²) in [7, 11) is 0. The highest BCUT2D eigenvalue weighted by atomic mass is 32.2. The molecule has 0 bridgehead atoms. The number of carbonyl (C=O) groups excluding carboxylic acids is 2. The average Bonchev–Trinajstić information content (AvgIpc) is 2.97. The van der Waals surface area contributed by atoms with E-state index >= 15 is 0 Å². The fourth-order valence-corrected chi connectivity index (χ4v) is 3.12. The number of fused-ring (bicyclic) bond motifs is 1. The van der Waals surface area contributed by atoms with Gasteiger partial charge in [0, 0.05) is 30.8 Å². The number of pyridine rings is 1. The molecule has 2 aromatic heterocycles. The van der Waals surface area contributed by atoms with Crippen LogP contribution in [0.25, 0.3) is 5.52 Å². The first-order valence-corrected chi connectivity index (χ1v) is 7.97. The minimum absolute atomic E-state index is 0.0252. The van der Waals surface area contributed by atoms with Crippen molar-refractivity contribution in [3.63, 3.8) is 0 Å². The first kappa shape index (κ1) is 13.9. The van der Waals surface area contributed by atoms with Gasteiger partial charge in [0.25, 0.3) is 5.91 Å². The molecule has 110 valence electrons. The zero-order valence-electron chi connectivity index (χ0n) is 11.5. The lowest BCUT2D eigenvalue weighted by Gasteiger charge is -2.26. The first-order valence-electron chi connectivity index (χ1n) is 6.82. The number of thioether (sulfide) groups is 1. The molecule has 21 heavy (non-hydrogen) atoms. The van der Waals surface area contributed by atoms with Crippen LogP contribution in [-0.2, 0) is 4.79 Å². The Labute approximate surface area is 126 Å². The Balaban J connectivity index is 1.59. The van der Waals surface area contributed by atoms with Crippen molar-refractivity contribution in [1.82, 2.24) is 19.8 Å². The molecule has 0 spiro atoms. The lowest BCUT2D eigenvalue weighted by molar-refractivity contribution is -0.129. The van der Waals surface area contributed by atoms with E-state index in [0.29, 0.717) is 5.69 Å². The maximum Gasteiger partial charge on any atom is 0.272 e. The molecule has 0 aromatic carbocycles. The van der Waals surface area contributed by atoms with Crippen LogP contribution in [0.2, 0.25) is 0 Å². The van der Waals surface area contributed by atoms with Crippen LogP contribution in [0, 0.1) is 0 Å². The van der Waals surface area contributed by atoms with Gasteiger partial charge in [-0.1, -0.05) is 6.07 Å². The highest BCUT2D eigenvalue weighted by Gasteiger charge is 2.18. The van der Waals surface area contributed by atoms with Crippen LogP contribution in [0.3, 0.4) is 0 Å². The van der Waals surface area contributed by atoms with E-state index in [0.717, 1.165) is 30.1 Å². The van der Waals surface area contributed by atoms with Crippen molar-refractivity contribution in [2.24, 2.45) is 0 Å². The van der Waals surface area contributed by atoms with Crippen molar-refractivity contribution in [2.75, 3.05) is 31.1 Å². The summed E-state index contributed by atoms with van der Waals surface area (Å²) in [5.41, 5.74) is 1.17. The van der Waals surface area contributed by atoms with Gasteiger partial charge >= 0.3 is 0 Å². The molecule has 1 N–H and O–H groups in total. The maximum atomic E-state index is 12.0. The van der Waals surface area contributed by atoms with E-state index in [1.807, 2.05) is 30.0 Å². The number of amides is 2. The quantitative estimate of drug-likeness (QED) is 0.903. The molecule has 1 aliphatic heterocycles. The molecule has 3 rings (SSSR count). The number of hydrogen-bond acceptors (Lipinski definition) is 4. The molecule has 7 heteroatoms. The predicted molar refractivity (Wildman–Crippen MR) is 81.4 cm³/mol. The second-order valence-corrected chi connectivity index (χ2v) is 6.00. The Morgan fingerprint density at radius 3 is 2.86 bits per heavy atom. The van der Waals surface area contributed by atoms with E-state index < -0.39 is 0 Å². The summed E-state index contributed by atoms with van der Waals surface area (Å²) >= 11 is 1.85. The fourth-order valence-electron chi connectivity index (χ4n) is 2.22. The fraction of sp³-hybridized carbons (Fsp3) is 0.357. The predicted octanol–water partition coefficient (Wildman–Crippen LogP) is 0.639. The Hall–Kier alpha value is -2.02. The summed E-state index contributed by atoms with van der Waals surface area (Å²) in [6.45, 7) is 1.54. The summed E-state index contributed by atoms with van der Waals surface area (Å²) in [4.78, 5) is 25.8. The molecule has 3 heterocycles. The lowest BCUT2D eigenvalue weighted by Crippen LogP contribution is -2.44. The number of hydrogen-bond donors (Lipinski definition) is 1. The van der Waals surface area contributed by atoms with Gasteiger partial charge in [0.1, 0.15) is 0 Å². The molecule has 0 aliphatic carbocycles. The van der Waals surface area contributed by atoms with E-state index in [9.17, 15) is 9.59 Å². The number of nitrogens with zero attached hydrogens (tertiary/aromatic N) is 3. The van der Waals surface area contributed by atoms with Crippen molar-refractivity contribution >= 4 is 29.1 Å². The normalized spacial score (nSPS) is 15.1. The molecule has 1 fully saturated rings. The second kappa shape index (κ2) is 6.17. The van der Waals surface area contributed by atoms with Crippen LogP contribution < -0.4 is 5.32 Å². The zero-order chi connectivity index (χ0) is 14.7. The van der Waals surface area contributed by atoms with Crippen molar-refractivity contribution in [3.8, 4) is 0 Å². The zero-order valence-corrected chi connectivity index (χ0v) is 12.3. The van der Waals surface area contributed by atoms with Gasteiger partial charge in [-0.25, -0.2) is 4.52 Å². The minimum Gasteiger partial charge on any atom is -0.342 e. The van der Waals surface area contributed by atoms with E-state index in [4.69, 9.17) is 0 Å². The van der Waals surface area contributed by atoms with Crippen LogP contribution in [0.15, 0.2) is 30.5 Å². The van der Waals surface area contributed by atoms with Crippen molar-refractivity contribution in [1.29, 1.82) is 0 Å². The summed E-state index contributed by atoms with van der Waals surface area (Å²) in [5, 5.41) is 6.82. The van der Waals surface area contributed by atoms with Gasteiger partial charge in [-0.2, -0.15) is 16.9 Å². The molecule has 1 saturated heterocycles. The van der Waals surface area contributed by atoms with Crippen molar-refractivity contribution in [3.05, 3.63) is 36.2 Å². The molecule has 6 nitrogen and oxygen atoms in total. The lowest BCUT2D eigenvalue weighted by atomic mass is 10.3. The summed E-state index contributed by atoms with van der Waals surface area (Å²) in [6, 6.07) is 7.31. The molecule has 0 saturated carbocycles. The van der Waals surface area contributed by atoms with E-state index in [-0.39, 0.29) is 18.4 Å². The SMILES string of the molecule is O=C(NCC(=O)N1CCSCC1)c1cc2ccccn2n1. The smallest absolute Gasteiger partial charge is 0.272 e. The topological polar surface area (TPSA) is 66.7 Å². The number of carbonyl (C=O) groups is 2. The monoisotopic (exact) mass is 304 g/mol. The van der Waals surface area contributed by atoms with Gasteiger partial charge in [0.05, 0.1) is 12.1 Å². The highest BCUT2D eigenvalue weighted by molar-refractivity contribution is 7.99. The van der Waals surface area contributed by atoms with Gasteiger partial charge < -0.3 is 10.2 Å². The molecule has 0 atom stereocenters. The van der Waals surface area contributed by atoms with Gasteiger partial charge in [0.2, 0.25) is 5.91 Å². The Bertz CT molecular complexity index is 631. The molecule has 2 aromatic rings. The van der Waals surface area contributed by atoms with E-state index in [1.54, 1.807) is 21.7 Å². The molecule has 1 aliphatic rings. The molecule has 2 amide bonds. The van der Waals surface area contributed by atoms with Gasteiger partial charge in [-0.05, 0) is 18.2 Å². The second-order valence-electron chi connectivity index (χ2n) is 4.78. The molecular formula is C14H16N4O2S. The highest BCUT2D eigenvalue weighted by Crippen LogP contribution is 2.09. The summed E-state index contributed by atoms with van der Waals surface area (Å²) < 4.78 is 1.64. The number of rotatable bonds is 3. The Morgan fingerprint density at radius 1 is 1.29 bits per heavy atom. The molecular weight excluding hydrogens is 288 g/mol. The largest absolute Gasteiger partial charge is 0.342 e. The van der Waals surface area contributed by atoms with Gasteiger partial charge in [-0.3, -0.25) is 9.59 Å². The third-order valence-electron chi connectivity index (χ3n) is 3.37. The third-order valence-corrected chi connectivity index (χ3v) is 4.31. The van der Waals surface area contributed by atoms with Crippen LogP contribution in [0.1, 0.15) is 10.5 Å². The number of aromatic nitrogens is 2. The summed E-state index contributed by atoms with van der Waals surface area (Å²) in [5.74, 6) is 1.57. The Kier molecular flexibility index (Phi) is 4.10. The third kappa shape index (κ3) is 3.18. The van der Waals surface area contributed by atoms with Crippen LogP contribution in [0.5, 0.6) is 0 Å². The van der Waals surface area contributed by atoms with Crippen molar-refractivity contribution in [2.45, 2.75) is 0 Å². The molecule has 0 radical (unpaired) electrons. The molecule has 0 unspecified atom stereocenters. The number of nitrogens with one attached hydrogen (secondary N) is 1. The summed E-state index contributed by atoms with van der Waals surface area (Å²) in [6.07, 6.45) is 1.78. The standard InChI is InChI=1S/C14H16N4O2S/c19-13(17-5-7-21-8-6-17)10-15-14(20)12-9-11-3-1-2-4-18(11)16-12/h1-4,9H,5-8,10H2,(H,15,20). The van der Waals surface area contributed by atoms with Gasteiger partial charge in [-0.15, -0.1) is 0 Å². The van der Waals surface area contributed by atoms with E-state index in [1.165, 1.54) is 0 Å². The van der Waals surface area contributed by atoms with Crippen molar-refractivity contribution < 1.29 is 9.59 Å². The van der Waals surface area contributed by atoms with Gasteiger partial charge in [0.15, 0.2) is 5.69 Å². The maximum absolute atomic E-state index is 12.0. The van der Waals surface area contributed by atoms with Crippen LogP contribution in [-0.4, -0.2) is 57.5 Å². The van der Waals surface area contributed by atoms with Crippen LogP contribution >= 0.6 is 11.8 Å². The van der Waals surface area contributed by atoms with E-state index in [2.05, 4.69) is 10.4 Å². The van der Waals surface area contributed by atoms with Crippen LogP contribution in [0.4, 0.5) is 0 Å². The minimum atomic E-state index is -0.321.